The number of likely N-dealkylation sites (tertiary alicyclic amines) is 1. The van der Waals surface area contributed by atoms with Crippen LogP contribution in [0, 0.1) is 0 Å². The van der Waals surface area contributed by atoms with Gasteiger partial charge in [-0.15, -0.1) is 0 Å². The summed E-state index contributed by atoms with van der Waals surface area (Å²) >= 11 is 0. The molecule has 0 bridgehead atoms. The highest BCUT2D eigenvalue weighted by atomic mass is 15.3. The number of hydrogen-bond donors (Lipinski definition) is 1. The van der Waals surface area contributed by atoms with E-state index >= 15 is 0 Å². The SMILES string of the molecule is CN1CCC(n2cc3ccc(N)cc3n2)CC1. The van der Waals surface area contributed by atoms with Gasteiger partial charge in [0.2, 0.25) is 0 Å². The third-order valence-electron chi connectivity index (χ3n) is 3.61. The molecule has 0 amide bonds. The zero-order chi connectivity index (χ0) is 11.8. The summed E-state index contributed by atoms with van der Waals surface area (Å²) in [5.41, 5.74) is 7.56. The standard InChI is InChI=1S/C13H18N4/c1-16-6-4-12(5-7-16)17-9-10-2-3-11(14)8-13(10)15-17/h2-3,8-9,12H,4-7,14H2,1H3. The van der Waals surface area contributed by atoms with Crippen molar-refractivity contribution in [3.05, 3.63) is 24.4 Å². The number of benzene rings is 1. The van der Waals surface area contributed by atoms with Crippen molar-refractivity contribution in [2.75, 3.05) is 25.9 Å². The molecule has 90 valence electrons. The summed E-state index contributed by atoms with van der Waals surface area (Å²) in [5, 5.41) is 5.82. The molecule has 1 aliphatic rings. The lowest BCUT2D eigenvalue weighted by molar-refractivity contribution is 0.213. The Morgan fingerprint density at radius 2 is 2.06 bits per heavy atom. The van der Waals surface area contributed by atoms with E-state index in [-0.39, 0.29) is 0 Å². The van der Waals surface area contributed by atoms with Gasteiger partial charge in [0, 0.05) is 17.3 Å². The summed E-state index contributed by atoms with van der Waals surface area (Å²) in [4.78, 5) is 2.37. The molecule has 1 aliphatic heterocycles. The normalized spacial score (nSPS) is 18.9. The lowest BCUT2D eigenvalue weighted by Crippen LogP contribution is -2.31. The van der Waals surface area contributed by atoms with Gasteiger partial charge in [-0.25, -0.2) is 0 Å². The van der Waals surface area contributed by atoms with Crippen LogP contribution in [0.4, 0.5) is 5.69 Å². The summed E-state index contributed by atoms with van der Waals surface area (Å²) in [6.45, 7) is 2.31. The summed E-state index contributed by atoms with van der Waals surface area (Å²) in [6.07, 6.45) is 4.50. The first-order valence-corrected chi connectivity index (χ1v) is 6.15. The van der Waals surface area contributed by atoms with E-state index in [1.54, 1.807) is 0 Å². The van der Waals surface area contributed by atoms with E-state index in [4.69, 9.17) is 5.73 Å². The minimum absolute atomic E-state index is 0.542. The van der Waals surface area contributed by atoms with Crippen LogP contribution in [0.5, 0.6) is 0 Å². The van der Waals surface area contributed by atoms with E-state index < -0.39 is 0 Å². The number of fused-ring (bicyclic) bond motifs is 1. The first-order chi connectivity index (χ1) is 8.22. The average molecular weight is 230 g/mol. The van der Waals surface area contributed by atoms with Gasteiger partial charge in [-0.1, -0.05) is 0 Å². The van der Waals surface area contributed by atoms with Gasteiger partial charge in [0.1, 0.15) is 0 Å². The molecule has 2 N–H and O–H groups in total. The minimum atomic E-state index is 0.542. The van der Waals surface area contributed by atoms with Crippen molar-refractivity contribution in [3.8, 4) is 0 Å². The lowest BCUT2D eigenvalue weighted by Gasteiger charge is -2.28. The molecular weight excluding hydrogens is 212 g/mol. The Morgan fingerprint density at radius 1 is 1.29 bits per heavy atom. The van der Waals surface area contributed by atoms with Crippen LogP contribution < -0.4 is 5.73 Å². The molecule has 1 saturated heterocycles. The molecule has 17 heavy (non-hydrogen) atoms. The van der Waals surface area contributed by atoms with Crippen LogP contribution in [-0.4, -0.2) is 34.8 Å². The fraction of sp³-hybridized carbons (Fsp3) is 0.462. The topological polar surface area (TPSA) is 47.1 Å². The van der Waals surface area contributed by atoms with Gasteiger partial charge in [0.15, 0.2) is 0 Å². The molecule has 4 heteroatoms. The number of nitrogens with zero attached hydrogens (tertiary/aromatic N) is 3. The van der Waals surface area contributed by atoms with Crippen LogP contribution in [0.25, 0.3) is 10.9 Å². The quantitative estimate of drug-likeness (QED) is 0.761. The predicted molar refractivity (Wildman–Crippen MR) is 69.9 cm³/mol. The van der Waals surface area contributed by atoms with Crippen molar-refractivity contribution in [1.29, 1.82) is 0 Å². The Hall–Kier alpha value is -1.55. The molecule has 0 unspecified atom stereocenters. The van der Waals surface area contributed by atoms with Crippen LogP contribution in [0.15, 0.2) is 24.4 Å². The fourth-order valence-electron chi connectivity index (χ4n) is 2.50. The van der Waals surface area contributed by atoms with Crippen molar-refractivity contribution in [2.24, 2.45) is 0 Å². The van der Waals surface area contributed by atoms with Gasteiger partial charge >= 0.3 is 0 Å². The molecule has 0 aliphatic carbocycles. The van der Waals surface area contributed by atoms with Crippen LogP contribution in [0.1, 0.15) is 18.9 Å². The Labute approximate surface area is 101 Å². The van der Waals surface area contributed by atoms with Gasteiger partial charge in [0.05, 0.1) is 11.6 Å². The molecule has 3 rings (SSSR count). The predicted octanol–water partition coefficient (Wildman–Crippen LogP) is 1.89. The molecule has 1 aromatic carbocycles. The van der Waals surface area contributed by atoms with E-state index in [0.29, 0.717) is 6.04 Å². The number of anilines is 1. The highest BCUT2D eigenvalue weighted by Crippen LogP contribution is 2.24. The van der Waals surface area contributed by atoms with E-state index in [1.807, 2.05) is 18.2 Å². The summed E-state index contributed by atoms with van der Waals surface area (Å²) in [6, 6.07) is 6.47. The second-order valence-electron chi connectivity index (χ2n) is 4.96. The van der Waals surface area contributed by atoms with Crippen molar-refractivity contribution in [3.63, 3.8) is 0 Å². The fourth-order valence-corrected chi connectivity index (χ4v) is 2.50. The first kappa shape index (κ1) is 10.6. The molecule has 1 fully saturated rings. The number of aromatic nitrogens is 2. The highest BCUT2D eigenvalue weighted by Gasteiger charge is 2.19. The Kier molecular flexibility index (Phi) is 2.52. The van der Waals surface area contributed by atoms with E-state index in [2.05, 4.69) is 27.9 Å². The largest absolute Gasteiger partial charge is 0.399 e. The van der Waals surface area contributed by atoms with Crippen LogP contribution in [-0.2, 0) is 0 Å². The lowest BCUT2D eigenvalue weighted by atomic mass is 10.1. The number of hydrogen-bond acceptors (Lipinski definition) is 3. The van der Waals surface area contributed by atoms with Gasteiger partial charge in [0.25, 0.3) is 0 Å². The van der Waals surface area contributed by atoms with Crippen molar-refractivity contribution < 1.29 is 0 Å². The van der Waals surface area contributed by atoms with Gasteiger partial charge in [-0.05, 0) is 51.2 Å². The minimum Gasteiger partial charge on any atom is -0.399 e. The van der Waals surface area contributed by atoms with Crippen LogP contribution >= 0.6 is 0 Å². The average Bonchev–Trinajstić information content (AvgIpc) is 2.72. The third-order valence-corrected chi connectivity index (χ3v) is 3.61. The molecule has 4 nitrogen and oxygen atoms in total. The molecule has 2 heterocycles. The van der Waals surface area contributed by atoms with Crippen molar-refractivity contribution in [1.82, 2.24) is 14.7 Å². The van der Waals surface area contributed by atoms with Crippen molar-refractivity contribution >= 4 is 16.6 Å². The summed E-state index contributed by atoms with van der Waals surface area (Å²) < 4.78 is 2.12. The molecule has 0 saturated carbocycles. The van der Waals surface area contributed by atoms with E-state index in [1.165, 1.54) is 18.2 Å². The molecule has 0 radical (unpaired) electrons. The maximum atomic E-state index is 5.77. The summed E-state index contributed by atoms with van der Waals surface area (Å²) in [7, 11) is 2.18. The van der Waals surface area contributed by atoms with E-state index in [0.717, 1.165) is 24.3 Å². The Morgan fingerprint density at radius 3 is 2.82 bits per heavy atom. The first-order valence-electron chi connectivity index (χ1n) is 6.15. The Balaban J connectivity index is 1.90. The molecular formula is C13H18N4. The van der Waals surface area contributed by atoms with Crippen molar-refractivity contribution in [2.45, 2.75) is 18.9 Å². The molecule has 1 aromatic heterocycles. The molecule has 0 atom stereocenters. The van der Waals surface area contributed by atoms with Gasteiger partial charge in [-0.3, -0.25) is 4.68 Å². The third kappa shape index (κ3) is 2.00. The number of nitrogen functional groups attached to an aromatic ring is 1. The second kappa shape index (κ2) is 4.04. The summed E-state index contributed by atoms with van der Waals surface area (Å²) in [5.74, 6) is 0. The smallest absolute Gasteiger partial charge is 0.0943 e. The maximum Gasteiger partial charge on any atom is 0.0943 e. The van der Waals surface area contributed by atoms with E-state index in [9.17, 15) is 0 Å². The molecule has 0 spiro atoms. The number of nitrogens with two attached hydrogens (primary N) is 1. The number of rotatable bonds is 1. The van der Waals surface area contributed by atoms with Crippen LogP contribution in [0.2, 0.25) is 0 Å². The van der Waals surface area contributed by atoms with Gasteiger partial charge in [-0.2, -0.15) is 5.10 Å². The zero-order valence-corrected chi connectivity index (χ0v) is 10.1. The van der Waals surface area contributed by atoms with Crippen LogP contribution in [0.3, 0.4) is 0 Å². The zero-order valence-electron chi connectivity index (χ0n) is 10.1. The highest BCUT2D eigenvalue weighted by molar-refractivity contribution is 5.81. The monoisotopic (exact) mass is 230 g/mol. The Bertz CT molecular complexity index is 523. The number of piperidine rings is 1. The maximum absolute atomic E-state index is 5.77. The second-order valence-corrected chi connectivity index (χ2v) is 4.96. The molecule has 2 aromatic rings. The van der Waals surface area contributed by atoms with Gasteiger partial charge < -0.3 is 10.6 Å².